The molecular weight excluding hydrogens is 427 g/mol. The van der Waals surface area contributed by atoms with Crippen LogP contribution in [0.15, 0.2) is 30.7 Å². The number of nitrogens with one attached hydrogen (secondary N) is 2. The highest BCUT2D eigenvalue weighted by Crippen LogP contribution is 2.28. The van der Waals surface area contributed by atoms with E-state index in [1.807, 2.05) is 13.8 Å². The third-order valence-electron chi connectivity index (χ3n) is 4.79. The van der Waals surface area contributed by atoms with Crippen LogP contribution in [0.4, 0.5) is 13.2 Å². The number of imidazole rings is 1. The van der Waals surface area contributed by atoms with Crippen LogP contribution in [0, 0.1) is 5.92 Å². The third-order valence-corrected chi connectivity index (χ3v) is 4.79. The molecule has 1 atom stereocenters. The van der Waals surface area contributed by atoms with E-state index in [0.29, 0.717) is 22.6 Å². The standard InChI is InChI=1S/C20H24F3N7O2/c1-12(2)30-16(4-5-26-30)19(32)25-10-15-11-29-17(28-15)7-14(9-27-29)8-24-18(31)6-13(3)20(21,22)23/h4-5,7,9,11-13H,6,8,10H2,1-3H3,(H,24,31)(H,25,32). The summed E-state index contributed by atoms with van der Waals surface area (Å²) in [6, 6.07) is 3.34. The number of hydrogen-bond donors (Lipinski definition) is 2. The van der Waals surface area contributed by atoms with Crippen molar-refractivity contribution in [3.8, 4) is 0 Å². The van der Waals surface area contributed by atoms with Gasteiger partial charge in [0.2, 0.25) is 5.91 Å². The molecule has 0 aliphatic carbocycles. The van der Waals surface area contributed by atoms with Gasteiger partial charge >= 0.3 is 6.18 Å². The Morgan fingerprint density at radius 3 is 2.56 bits per heavy atom. The summed E-state index contributed by atoms with van der Waals surface area (Å²) in [5.74, 6) is -2.69. The van der Waals surface area contributed by atoms with E-state index < -0.39 is 24.4 Å². The van der Waals surface area contributed by atoms with Crippen molar-refractivity contribution >= 4 is 17.5 Å². The van der Waals surface area contributed by atoms with Crippen molar-refractivity contribution in [2.45, 2.75) is 52.5 Å². The molecule has 2 N–H and O–H groups in total. The molecule has 3 rings (SSSR count). The molecule has 0 saturated carbocycles. The number of hydrogen-bond acceptors (Lipinski definition) is 5. The van der Waals surface area contributed by atoms with E-state index in [2.05, 4.69) is 25.8 Å². The molecule has 3 aromatic heterocycles. The van der Waals surface area contributed by atoms with E-state index in [4.69, 9.17) is 0 Å². The van der Waals surface area contributed by atoms with E-state index in [9.17, 15) is 22.8 Å². The summed E-state index contributed by atoms with van der Waals surface area (Å²) in [5, 5.41) is 13.6. The van der Waals surface area contributed by atoms with Gasteiger partial charge in [-0.2, -0.15) is 23.4 Å². The normalized spacial score (nSPS) is 12.8. The Labute approximate surface area is 182 Å². The zero-order valence-corrected chi connectivity index (χ0v) is 17.8. The van der Waals surface area contributed by atoms with Crippen LogP contribution in [-0.2, 0) is 17.9 Å². The third kappa shape index (κ3) is 5.62. The molecule has 0 radical (unpaired) electrons. The van der Waals surface area contributed by atoms with Crippen molar-refractivity contribution in [2.24, 2.45) is 5.92 Å². The van der Waals surface area contributed by atoms with Crippen molar-refractivity contribution in [1.29, 1.82) is 0 Å². The van der Waals surface area contributed by atoms with E-state index in [1.54, 1.807) is 29.2 Å². The summed E-state index contributed by atoms with van der Waals surface area (Å²) in [6.45, 7) is 5.02. The minimum Gasteiger partial charge on any atom is -0.352 e. The van der Waals surface area contributed by atoms with Crippen LogP contribution >= 0.6 is 0 Å². The van der Waals surface area contributed by atoms with Gasteiger partial charge in [-0.05, 0) is 31.5 Å². The lowest BCUT2D eigenvalue weighted by Gasteiger charge is -2.14. The minimum absolute atomic E-state index is 0.0328. The summed E-state index contributed by atoms with van der Waals surface area (Å²) < 4.78 is 40.8. The Morgan fingerprint density at radius 1 is 1.12 bits per heavy atom. The van der Waals surface area contributed by atoms with Gasteiger partial charge < -0.3 is 10.6 Å². The molecule has 3 heterocycles. The summed E-state index contributed by atoms with van der Waals surface area (Å²) >= 11 is 0. The summed E-state index contributed by atoms with van der Waals surface area (Å²) in [4.78, 5) is 28.6. The zero-order chi connectivity index (χ0) is 23.5. The van der Waals surface area contributed by atoms with Crippen LogP contribution in [-0.4, -0.2) is 42.4 Å². The van der Waals surface area contributed by atoms with Crippen LogP contribution in [0.5, 0.6) is 0 Å². The molecule has 12 heteroatoms. The maximum Gasteiger partial charge on any atom is 0.392 e. The second-order valence-electron chi connectivity index (χ2n) is 7.76. The van der Waals surface area contributed by atoms with Crippen molar-refractivity contribution in [1.82, 2.24) is 35.0 Å². The Morgan fingerprint density at radius 2 is 1.88 bits per heavy atom. The van der Waals surface area contributed by atoms with Gasteiger partial charge in [-0.15, -0.1) is 0 Å². The molecule has 0 fully saturated rings. The fourth-order valence-corrected chi connectivity index (χ4v) is 2.98. The first-order valence-corrected chi connectivity index (χ1v) is 10.0. The molecule has 3 aromatic rings. The Bertz CT molecular complexity index is 1100. The topological polar surface area (TPSA) is 106 Å². The lowest BCUT2D eigenvalue weighted by Crippen LogP contribution is -2.29. The van der Waals surface area contributed by atoms with Crippen LogP contribution in [0.1, 0.15) is 55.0 Å². The maximum atomic E-state index is 12.6. The number of fused-ring (bicyclic) bond motifs is 1. The van der Waals surface area contributed by atoms with E-state index in [-0.39, 0.29) is 25.0 Å². The predicted molar refractivity (Wildman–Crippen MR) is 108 cm³/mol. The first kappa shape index (κ1) is 23.2. The highest BCUT2D eigenvalue weighted by atomic mass is 19.4. The average Bonchev–Trinajstić information content (AvgIpc) is 3.36. The quantitative estimate of drug-likeness (QED) is 0.548. The van der Waals surface area contributed by atoms with Gasteiger partial charge in [-0.1, -0.05) is 6.92 Å². The molecule has 0 saturated heterocycles. The fraction of sp³-hybridized carbons (Fsp3) is 0.450. The number of nitrogens with zero attached hydrogens (tertiary/aromatic N) is 5. The molecule has 0 bridgehead atoms. The second-order valence-corrected chi connectivity index (χ2v) is 7.76. The van der Waals surface area contributed by atoms with Gasteiger partial charge in [-0.25, -0.2) is 9.50 Å². The molecule has 2 amide bonds. The van der Waals surface area contributed by atoms with Gasteiger partial charge in [0.05, 0.1) is 30.6 Å². The number of aromatic nitrogens is 5. The smallest absolute Gasteiger partial charge is 0.352 e. The molecule has 172 valence electrons. The van der Waals surface area contributed by atoms with Crippen LogP contribution < -0.4 is 10.6 Å². The van der Waals surface area contributed by atoms with Crippen molar-refractivity contribution in [3.63, 3.8) is 0 Å². The van der Waals surface area contributed by atoms with Crippen molar-refractivity contribution < 1.29 is 22.8 Å². The molecule has 9 nitrogen and oxygen atoms in total. The number of alkyl halides is 3. The van der Waals surface area contributed by atoms with Crippen molar-refractivity contribution in [2.75, 3.05) is 0 Å². The largest absolute Gasteiger partial charge is 0.392 e. The van der Waals surface area contributed by atoms with Gasteiger partial charge in [0.15, 0.2) is 5.65 Å². The zero-order valence-electron chi connectivity index (χ0n) is 17.8. The molecule has 0 aromatic carbocycles. The van der Waals surface area contributed by atoms with E-state index in [0.717, 1.165) is 6.92 Å². The summed E-state index contributed by atoms with van der Waals surface area (Å²) in [7, 11) is 0. The van der Waals surface area contributed by atoms with Crippen LogP contribution in [0.2, 0.25) is 0 Å². The highest BCUT2D eigenvalue weighted by molar-refractivity contribution is 5.92. The maximum absolute atomic E-state index is 12.6. The molecule has 0 aliphatic heterocycles. The fourth-order valence-electron chi connectivity index (χ4n) is 2.98. The van der Waals surface area contributed by atoms with Crippen molar-refractivity contribution in [3.05, 3.63) is 47.7 Å². The van der Waals surface area contributed by atoms with Gasteiger partial charge in [0.25, 0.3) is 5.91 Å². The number of carbonyl (C=O) groups excluding carboxylic acids is 2. The molecule has 0 aliphatic rings. The average molecular weight is 451 g/mol. The minimum atomic E-state index is -4.41. The lowest BCUT2D eigenvalue weighted by molar-refractivity contribution is -0.174. The van der Waals surface area contributed by atoms with Gasteiger partial charge in [0, 0.05) is 25.2 Å². The predicted octanol–water partition coefficient (Wildman–Crippen LogP) is 2.64. The second kappa shape index (κ2) is 9.37. The first-order chi connectivity index (χ1) is 15.0. The van der Waals surface area contributed by atoms with E-state index >= 15 is 0 Å². The molecule has 1 unspecified atom stereocenters. The van der Waals surface area contributed by atoms with Crippen LogP contribution in [0.3, 0.4) is 0 Å². The Hall–Kier alpha value is -3.44. The SMILES string of the molecule is CC(C)n1nccc1C(=O)NCc1cn2ncc(CNC(=O)CC(C)C(F)(F)F)cc2n1. The van der Waals surface area contributed by atoms with E-state index in [1.165, 1.54) is 10.7 Å². The lowest BCUT2D eigenvalue weighted by atomic mass is 10.1. The number of rotatable bonds is 8. The van der Waals surface area contributed by atoms with Gasteiger partial charge in [-0.3, -0.25) is 14.3 Å². The molecule has 0 spiro atoms. The molecular formula is C20H24F3N7O2. The summed E-state index contributed by atoms with van der Waals surface area (Å²) in [6.07, 6.45) is -0.335. The van der Waals surface area contributed by atoms with Crippen LogP contribution in [0.25, 0.3) is 5.65 Å². The number of amides is 2. The number of halogens is 3. The Balaban J connectivity index is 1.58. The molecule has 32 heavy (non-hydrogen) atoms. The monoisotopic (exact) mass is 451 g/mol. The summed E-state index contributed by atoms with van der Waals surface area (Å²) in [5.41, 5.74) is 2.09. The Kier molecular flexibility index (Phi) is 6.80. The van der Waals surface area contributed by atoms with Gasteiger partial charge in [0.1, 0.15) is 5.69 Å². The number of carbonyl (C=O) groups is 2. The first-order valence-electron chi connectivity index (χ1n) is 10.0. The highest BCUT2D eigenvalue weighted by Gasteiger charge is 2.37.